The van der Waals surface area contributed by atoms with Crippen molar-refractivity contribution in [3.05, 3.63) is 53.3 Å². The molecule has 1 nitrogen and oxygen atoms in total. The number of fused-ring (bicyclic) bond motifs is 3. The molecule has 0 spiro atoms. The minimum absolute atomic E-state index is 0.0393. The Balaban J connectivity index is 1.43. The third-order valence-corrected chi connectivity index (χ3v) is 9.83. The summed E-state index contributed by atoms with van der Waals surface area (Å²) in [6, 6.07) is 13.0. The van der Waals surface area contributed by atoms with Crippen LogP contribution in [0.4, 0.5) is 4.39 Å². The number of rotatable bonds is 14. The SMILES string of the molecule is CCCCCCC(C)Oc1c(F)cc(-c2ccc(C34CCC(CCCCC)(CC3)CC4)cc2)cc1CC. The summed E-state index contributed by atoms with van der Waals surface area (Å²) in [6.07, 6.45) is 20.5. The van der Waals surface area contributed by atoms with Gasteiger partial charge in [0.1, 0.15) is 0 Å². The minimum Gasteiger partial charge on any atom is -0.487 e. The van der Waals surface area contributed by atoms with E-state index in [0.717, 1.165) is 36.0 Å². The van der Waals surface area contributed by atoms with E-state index >= 15 is 4.39 Å². The molecule has 2 bridgehead atoms. The summed E-state index contributed by atoms with van der Waals surface area (Å²) >= 11 is 0. The van der Waals surface area contributed by atoms with Crippen molar-refractivity contribution in [1.82, 2.24) is 0 Å². The van der Waals surface area contributed by atoms with Gasteiger partial charge in [-0.3, -0.25) is 0 Å². The lowest BCUT2D eigenvalue weighted by Crippen LogP contribution is -2.44. The largest absolute Gasteiger partial charge is 0.487 e. The van der Waals surface area contributed by atoms with Gasteiger partial charge in [0.05, 0.1) is 6.10 Å². The number of benzene rings is 2. The molecule has 2 aromatic rings. The van der Waals surface area contributed by atoms with Crippen LogP contribution >= 0.6 is 0 Å². The summed E-state index contributed by atoms with van der Waals surface area (Å²) in [6.45, 7) is 8.70. The Morgan fingerprint density at radius 1 is 0.784 bits per heavy atom. The second-order valence-electron chi connectivity index (χ2n) is 12.4. The van der Waals surface area contributed by atoms with Gasteiger partial charge in [-0.25, -0.2) is 4.39 Å². The molecule has 204 valence electrons. The maximum atomic E-state index is 15.3. The molecule has 3 aliphatic rings. The third-order valence-electron chi connectivity index (χ3n) is 9.83. The summed E-state index contributed by atoms with van der Waals surface area (Å²) < 4.78 is 21.4. The van der Waals surface area contributed by atoms with Crippen LogP contribution in [0, 0.1) is 11.2 Å². The molecule has 0 radical (unpaired) electrons. The molecule has 1 unspecified atom stereocenters. The Bertz CT molecular complexity index is 967. The molecule has 37 heavy (non-hydrogen) atoms. The molecule has 0 saturated heterocycles. The predicted octanol–water partition coefficient (Wildman–Crippen LogP) is 11.0. The van der Waals surface area contributed by atoms with Crippen molar-refractivity contribution in [2.75, 3.05) is 0 Å². The topological polar surface area (TPSA) is 9.23 Å². The van der Waals surface area contributed by atoms with E-state index in [1.807, 2.05) is 0 Å². The van der Waals surface area contributed by atoms with E-state index in [-0.39, 0.29) is 11.9 Å². The van der Waals surface area contributed by atoms with Gasteiger partial charge >= 0.3 is 0 Å². The molecule has 2 aromatic carbocycles. The fourth-order valence-corrected chi connectivity index (χ4v) is 7.17. The number of hydrogen-bond donors (Lipinski definition) is 0. The first-order chi connectivity index (χ1) is 17.9. The maximum absolute atomic E-state index is 15.3. The lowest BCUT2D eigenvalue weighted by Gasteiger charge is -2.54. The number of unbranched alkanes of at least 4 members (excludes halogenated alkanes) is 5. The van der Waals surface area contributed by atoms with E-state index < -0.39 is 0 Å². The number of hydrogen-bond acceptors (Lipinski definition) is 1. The van der Waals surface area contributed by atoms with E-state index in [1.165, 1.54) is 89.0 Å². The molecule has 0 heterocycles. The van der Waals surface area contributed by atoms with Gasteiger partial charge in [-0.15, -0.1) is 0 Å². The minimum atomic E-state index is -0.226. The van der Waals surface area contributed by atoms with Crippen molar-refractivity contribution in [1.29, 1.82) is 0 Å². The van der Waals surface area contributed by atoms with Crippen LogP contribution in [0.3, 0.4) is 0 Å². The Labute approximate surface area is 226 Å². The molecule has 1 atom stereocenters. The molecule has 0 aliphatic heterocycles. The number of aryl methyl sites for hydroxylation is 1. The van der Waals surface area contributed by atoms with E-state index in [1.54, 1.807) is 6.07 Å². The van der Waals surface area contributed by atoms with Crippen molar-refractivity contribution >= 4 is 0 Å². The lowest BCUT2D eigenvalue weighted by atomic mass is 9.51. The highest BCUT2D eigenvalue weighted by molar-refractivity contribution is 5.66. The van der Waals surface area contributed by atoms with Crippen molar-refractivity contribution in [3.8, 4) is 16.9 Å². The molecule has 3 saturated carbocycles. The van der Waals surface area contributed by atoms with E-state index in [9.17, 15) is 0 Å². The first kappa shape index (κ1) is 28.2. The predicted molar refractivity (Wildman–Crippen MR) is 156 cm³/mol. The zero-order valence-corrected chi connectivity index (χ0v) is 24.1. The molecule has 3 fully saturated rings. The van der Waals surface area contributed by atoms with Gasteiger partial charge in [-0.1, -0.05) is 83.6 Å². The number of halogens is 1. The van der Waals surface area contributed by atoms with Gasteiger partial charge in [0.15, 0.2) is 11.6 Å². The van der Waals surface area contributed by atoms with Gasteiger partial charge in [-0.2, -0.15) is 0 Å². The van der Waals surface area contributed by atoms with Crippen LogP contribution in [0.5, 0.6) is 5.75 Å². The second-order valence-corrected chi connectivity index (χ2v) is 12.4. The van der Waals surface area contributed by atoms with Crippen LogP contribution in [0.1, 0.15) is 135 Å². The Morgan fingerprint density at radius 2 is 1.43 bits per heavy atom. The average molecular weight is 507 g/mol. The summed E-state index contributed by atoms with van der Waals surface area (Å²) in [4.78, 5) is 0. The average Bonchev–Trinajstić information content (AvgIpc) is 2.93. The first-order valence-electron chi connectivity index (χ1n) is 15.5. The zero-order valence-electron chi connectivity index (χ0n) is 24.1. The fraction of sp³-hybridized carbons (Fsp3) is 0.657. The fourth-order valence-electron chi connectivity index (χ4n) is 7.17. The van der Waals surface area contributed by atoms with E-state index in [4.69, 9.17) is 4.74 Å². The first-order valence-corrected chi connectivity index (χ1v) is 15.5. The molecule has 3 aliphatic carbocycles. The Kier molecular flexibility index (Phi) is 9.76. The zero-order chi connectivity index (χ0) is 26.3. The maximum Gasteiger partial charge on any atom is 0.165 e. The van der Waals surface area contributed by atoms with Gasteiger partial charge in [-0.05, 0) is 116 Å². The van der Waals surface area contributed by atoms with Crippen molar-refractivity contribution in [3.63, 3.8) is 0 Å². The van der Waals surface area contributed by atoms with Crippen LogP contribution in [-0.2, 0) is 11.8 Å². The van der Waals surface area contributed by atoms with Crippen LogP contribution in [0.15, 0.2) is 36.4 Å². The monoisotopic (exact) mass is 506 g/mol. The summed E-state index contributed by atoms with van der Waals surface area (Å²) in [5.74, 6) is 0.230. The van der Waals surface area contributed by atoms with Crippen LogP contribution in [0.2, 0.25) is 0 Å². The quantitative estimate of drug-likeness (QED) is 0.231. The van der Waals surface area contributed by atoms with Gasteiger partial charge in [0.25, 0.3) is 0 Å². The summed E-state index contributed by atoms with van der Waals surface area (Å²) in [5.41, 5.74) is 5.55. The van der Waals surface area contributed by atoms with E-state index in [2.05, 4.69) is 58.0 Å². The highest BCUT2D eigenvalue weighted by Crippen LogP contribution is 2.59. The van der Waals surface area contributed by atoms with Gasteiger partial charge in [0, 0.05) is 0 Å². The summed E-state index contributed by atoms with van der Waals surface area (Å²) in [5, 5.41) is 0. The van der Waals surface area contributed by atoms with Gasteiger partial charge < -0.3 is 4.74 Å². The molecule has 0 amide bonds. The molecule has 5 rings (SSSR count). The molecule has 0 N–H and O–H groups in total. The van der Waals surface area contributed by atoms with Crippen molar-refractivity contribution in [2.45, 2.75) is 142 Å². The van der Waals surface area contributed by atoms with Crippen molar-refractivity contribution in [2.24, 2.45) is 5.41 Å². The van der Waals surface area contributed by atoms with Crippen LogP contribution in [0.25, 0.3) is 11.1 Å². The van der Waals surface area contributed by atoms with Crippen LogP contribution in [-0.4, -0.2) is 6.10 Å². The molecule has 2 heteroatoms. The standard InChI is InChI=1S/C35H51FO/c1-5-8-10-11-13-27(4)37-33-28(7-3)25-30(26-32(33)36)29-14-16-31(17-15-29)35-22-19-34(20-23-35,21-24-35)18-12-9-6-2/h14-17,25-27H,5-13,18-24H2,1-4H3. The van der Waals surface area contributed by atoms with Gasteiger partial charge in [0.2, 0.25) is 0 Å². The van der Waals surface area contributed by atoms with Crippen molar-refractivity contribution < 1.29 is 9.13 Å². The highest BCUT2D eigenvalue weighted by Gasteiger charge is 2.48. The summed E-state index contributed by atoms with van der Waals surface area (Å²) in [7, 11) is 0. The van der Waals surface area contributed by atoms with Crippen LogP contribution < -0.4 is 4.74 Å². The Morgan fingerprint density at radius 3 is 2.05 bits per heavy atom. The Hall–Kier alpha value is -1.83. The normalized spacial score (nSPS) is 23.8. The highest BCUT2D eigenvalue weighted by atomic mass is 19.1. The molecular weight excluding hydrogens is 455 g/mol. The number of ether oxygens (including phenoxy) is 1. The second kappa shape index (κ2) is 12.8. The molecule has 0 aromatic heterocycles. The van der Waals surface area contributed by atoms with E-state index in [0.29, 0.717) is 16.6 Å². The smallest absolute Gasteiger partial charge is 0.165 e. The lowest BCUT2D eigenvalue weighted by molar-refractivity contribution is 0.0305. The third kappa shape index (κ3) is 6.61. The molecular formula is C35H51FO.